The third-order valence-electron chi connectivity index (χ3n) is 7.83. The number of nitriles is 1. The topological polar surface area (TPSA) is 76.4 Å². The van der Waals surface area contributed by atoms with Gasteiger partial charge < -0.3 is 15.1 Å². The molecule has 0 radical (unpaired) electrons. The van der Waals surface area contributed by atoms with Crippen molar-refractivity contribution in [1.29, 1.82) is 5.26 Å². The van der Waals surface area contributed by atoms with Crippen LogP contribution in [0.4, 0.5) is 18.9 Å². The molecule has 1 atom stereocenters. The molecule has 182 valence electrons. The maximum absolute atomic E-state index is 13.6. The maximum atomic E-state index is 13.6. The van der Waals surface area contributed by atoms with Crippen LogP contribution < -0.4 is 10.2 Å². The van der Waals surface area contributed by atoms with E-state index in [1.807, 2.05) is 4.90 Å². The van der Waals surface area contributed by atoms with Gasteiger partial charge in [0.2, 0.25) is 11.8 Å². The molecule has 1 spiro atoms. The summed E-state index contributed by atoms with van der Waals surface area (Å²) in [6.45, 7) is 1.71. The standard InChI is InChI=1S/C25H29F3N4O2/c26-25(27,28)20-12-19(6-3-17(20)14-29)32-15-24(13-21(32)23(34)30-18-4-5-18)7-9-31(10-8-24)22(33)11-16-1-2-16/h3,6,12,16,18,21H,1-2,4-5,7-11,13,15H2,(H,30,34). The first-order chi connectivity index (χ1) is 16.2. The summed E-state index contributed by atoms with van der Waals surface area (Å²) in [5.74, 6) is 0.571. The summed E-state index contributed by atoms with van der Waals surface area (Å²) >= 11 is 0. The summed E-state index contributed by atoms with van der Waals surface area (Å²) in [4.78, 5) is 29.4. The summed E-state index contributed by atoms with van der Waals surface area (Å²) in [5, 5.41) is 12.2. The number of halogens is 3. The van der Waals surface area contributed by atoms with Gasteiger partial charge in [-0.05, 0) is 74.5 Å². The van der Waals surface area contributed by atoms with E-state index in [0.717, 1.165) is 44.6 Å². The number of carbonyl (C=O) groups is 2. The Morgan fingerprint density at radius 3 is 2.44 bits per heavy atom. The maximum Gasteiger partial charge on any atom is 0.417 e. The zero-order valence-electron chi connectivity index (χ0n) is 19.0. The molecular weight excluding hydrogens is 445 g/mol. The van der Waals surface area contributed by atoms with E-state index in [2.05, 4.69) is 5.32 Å². The van der Waals surface area contributed by atoms with E-state index in [4.69, 9.17) is 5.26 Å². The molecule has 9 heteroatoms. The number of piperidine rings is 1. The Balaban J connectivity index is 1.38. The number of rotatable bonds is 5. The molecule has 1 aromatic rings. The second-order valence-corrected chi connectivity index (χ2v) is 10.5. The molecule has 1 N–H and O–H groups in total. The zero-order chi connectivity index (χ0) is 24.1. The van der Waals surface area contributed by atoms with Crippen LogP contribution in [-0.4, -0.2) is 48.4 Å². The number of amides is 2. The van der Waals surface area contributed by atoms with E-state index in [1.54, 1.807) is 11.0 Å². The van der Waals surface area contributed by atoms with Crippen molar-refractivity contribution in [3.05, 3.63) is 29.3 Å². The van der Waals surface area contributed by atoms with E-state index in [1.165, 1.54) is 12.1 Å². The molecule has 2 amide bonds. The number of likely N-dealkylation sites (tertiary alicyclic amines) is 1. The highest BCUT2D eigenvalue weighted by Gasteiger charge is 2.49. The second-order valence-electron chi connectivity index (χ2n) is 10.5. The van der Waals surface area contributed by atoms with Crippen LogP contribution in [0, 0.1) is 22.7 Å². The molecule has 2 aliphatic carbocycles. The molecule has 2 saturated heterocycles. The Morgan fingerprint density at radius 1 is 1.15 bits per heavy atom. The monoisotopic (exact) mass is 474 g/mol. The second kappa shape index (κ2) is 8.47. The minimum absolute atomic E-state index is 0.149. The Morgan fingerprint density at radius 2 is 1.85 bits per heavy atom. The van der Waals surface area contributed by atoms with Crippen LogP contribution in [0.3, 0.4) is 0 Å². The van der Waals surface area contributed by atoms with Gasteiger partial charge in [-0.1, -0.05) is 0 Å². The predicted octanol–water partition coefficient (Wildman–Crippen LogP) is 3.84. The van der Waals surface area contributed by atoms with Gasteiger partial charge in [-0.2, -0.15) is 18.4 Å². The van der Waals surface area contributed by atoms with Gasteiger partial charge in [0.05, 0.1) is 17.2 Å². The Labute approximate surface area is 197 Å². The molecule has 2 aliphatic heterocycles. The number of nitrogens with one attached hydrogen (secondary N) is 1. The predicted molar refractivity (Wildman–Crippen MR) is 119 cm³/mol. The fourth-order valence-electron chi connectivity index (χ4n) is 5.42. The first-order valence-electron chi connectivity index (χ1n) is 12.1. The molecule has 5 rings (SSSR count). The summed E-state index contributed by atoms with van der Waals surface area (Å²) in [7, 11) is 0. The normalized spacial score (nSPS) is 24.2. The minimum atomic E-state index is -4.66. The van der Waals surface area contributed by atoms with Gasteiger partial charge in [0.15, 0.2) is 0 Å². The van der Waals surface area contributed by atoms with Crippen LogP contribution in [0.2, 0.25) is 0 Å². The van der Waals surface area contributed by atoms with E-state index < -0.39 is 23.3 Å². The highest BCUT2D eigenvalue weighted by molar-refractivity contribution is 5.87. The Bertz CT molecular complexity index is 1020. The molecule has 6 nitrogen and oxygen atoms in total. The third-order valence-corrected chi connectivity index (χ3v) is 7.83. The molecule has 34 heavy (non-hydrogen) atoms. The van der Waals surface area contributed by atoms with Crippen LogP contribution in [0.15, 0.2) is 18.2 Å². The van der Waals surface area contributed by atoms with Gasteiger partial charge in [-0.15, -0.1) is 0 Å². The van der Waals surface area contributed by atoms with Crippen LogP contribution in [-0.2, 0) is 15.8 Å². The number of hydrogen-bond donors (Lipinski definition) is 1. The van der Waals surface area contributed by atoms with Gasteiger partial charge in [-0.25, -0.2) is 0 Å². The lowest BCUT2D eigenvalue weighted by Gasteiger charge is -2.39. The molecule has 1 aromatic carbocycles. The van der Waals surface area contributed by atoms with Crippen LogP contribution in [0.5, 0.6) is 0 Å². The van der Waals surface area contributed by atoms with E-state index in [-0.39, 0.29) is 23.3 Å². The lowest BCUT2D eigenvalue weighted by molar-refractivity contribution is -0.137. The molecule has 0 bridgehead atoms. The van der Waals surface area contributed by atoms with Crippen LogP contribution >= 0.6 is 0 Å². The molecule has 4 aliphatic rings. The number of carbonyl (C=O) groups excluding carboxylic acids is 2. The smallest absolute Gasteiger partial charge is 0.359 e. The summed E-state index contributed by atoms with van der Waals surface area (Å²) in [6, 6.07) is 4.92. The quantitative estimate of drug-likeness (QED) is 0.704. The molecular formula is C25H29F3N4O2. The van der Waals surface area contributed by atoms with E-state index >= 15 is 0 Å². The van der Waals surface area contributed by atoms with Crippen molar-refractivity contribution in [2.45, 2.75) is 69.6 Å². The fraction of sp³-hybridized carbons (Fsp3) is 0.640. The minimum Gasteiger partial charge on any atom is -0.359 e. The van der Waals surface area contributed by atoms with E-state index in [0.29, 0.717) is 44.1 Å². The fourth-order valence-corrected chi connectivity index (χ4v) is 5.42. The van der Waals surface area contributed by atoms with Crippen molar-refractivity contribution in [2.75, 3.05) is 24.5 Å². The lowest BCUT2D eigenvalue weighted by atomic mass is 9.76. The summed E-state index contributed by atoms with van der Waals surface area (Å²) < 4.78 is 40.8. The van der Waals surface area contributed by atoms with Crippen molar-refractivity contribution in [3.63, 3.8) is 0 Å². The van der Waals surface area contributed by atoms with Gasteiger partial charge in [0, 0.05) is 37.8 Å². The van der Waals surface area contributed by atoms with Crippen molar-refractivity contribution in [1.82, 2.24) is 10.2 Å². The molecule has 4 fully saturated rings. The lowest BCUT2D eigenvalue weighted by Crippen LogP contribution is -2.44. The van der Waals surface area contributed by atoms with Crippen molar-refractivity contribution in [3.8, 4) is 6.07 Å². The van der Waals surface area contributed by atoms with E-state index in [9.17, 15) is 22.8 Å². The van der Waals surface area contributed by atoms with Crippen LogP contribution in [0.25, 0.3) is 0 Å². The highest BCUT2D eigenvalue weighted by atomic mass is 19.4. The highest BCUT2D eigenvalue weighted by Crippen LogP contribution is 2.46. The number of anilines is 1. The first kappa shape index (κ1) is 23.0. The molecule has 1 unspecified atom stereocenters. The SMILES string of the molecule is N#Cc1ccc(N2CC3(CCN(C(=O)CC4CC4)CC3)CC2C(=O)NC2CC2)cc1C(F)(F)F. The van der Waals surface area contributed by atoms with Crippen molar-refractivity contribution in [2.24, 2.45) is 11.3 Å². The largest absolute Gasteiger partial charge is 0.417 e. The number of alkyl halides is 3. The number of benzene rings is 1. The average molecular weight is 475 g/mol. The molecule has 2 heterocycles. The molecule has 0 aromatic heterocycles. The zero-order valence-corrected chi connectivity index (χ0v) is 19.0. The van der Waals surface area contributed by atoms with Crippen molar-refractivity contribution < 1.29 is 22.8 Å². The molecule has 2 saturated carbocycles. The first-order valence-corrected chi connectivity index (χ1v) is 12.1. The summed E-state index contributed by atoms with van der Waals surface area (Å²) in [5.41, 5.74) is -1.32. The average Bonchev–Trinajstić information content (AvgIpc) is 3.74. The number of hydrogen-bond acceptors (Lipinski definition) is 4. The third kappa shape index (κ3) is 4.73. The number of nitrogens with zero attached hydrogens (tertiary/aromatic N) is 3. The van der Waals surface area contributed by atoms with Gasteiger partial charge in [-0.3, -0.25) is 9.59 Å². The summed E-state index contributed by atoms with van der Waals surface area (Å²) in [6.07, 6.45) is 2.08. The van der Waals surface area contributed by atoms with Gasteiger partial charge in [0.1, 0.15) is 6.04 Å². The van der Waals surface area contributed by atoms with Crippen molar-refractivity contribution >= 4 is 17.5 Å². The van der Waals surface area contributed by atoms with Gasteiger partial charge >= 0.3 is 6.18 Å². The Kier molecular flexibility index (Phi) is 5.73. The van der Waals surface area contributed by atoms with Crippen LogP contribution in [0.1, 0.15) is 62.5 Å². The Hall–Kier alpha value is -2.76. The van der Waals surface area contributed by atoms with Gasteiger partial charge in [0.25, 0.3) is 0 Å².